The van der Waals surface area contributed by atoms with E-state index in [9.17, 15) is 0 Å². The van der Waals surface area contributed by atoms with Crippen LogP contribution in [0.3, 0.4) is 0 Å². The highest BCUT2D eigenvalue weighted by Crippen LogP contribution is 2.40. The van der Waals surface area contributed by atoms with Crippen LogP contribution in [0.15, 0.2) is 85.2 Å². The van der Waals surface area contributed by atoms with Crippen molar-refractivity contribution in [3.05, 3.63) is 85.2 Å². The molecule has 3 aromatic carbocycles. The highest BCUT2D eigenvalue weighted by molar-refractivity contribution is 6.98. The van der Waals surface area contributed by atoms with E-state index >= 15 is 0 Å². The van der Waals surface area contributed by atoms with Gasteiger partial charge in [-0.25, -0.2) is 0 Å². The van der Waals surface area contributed by atoms with E-state index in [0.717, 1.165) is 39.6 Å². The van der Waals surface area contributed by atoms with Crippen molar-refractivity contribution in [2.24, 2.45) is 0 Å². The number of benzene rings is 3. The Morgan fingerprint density at radius 2 is 1.41 bits per heavy atom. The van der Waals surface area contributed by atoms with Gasteiger partial charge in [0.1, 0.15) is 23.0 Å². The number of hydrogen-bond donors (Lipinski definition) is 0. The van der Waals surface area contributed by atoms with Crippen LogP contribution in [0.2, 0.25) is 0 Å². The zero-order chi connectivity index (χ0) is 17.8. The summed E-state index contributed by atoms with van der Waals surface area (Å²) in [6, 6.07) is 24.6. The third-order valence-corrected chi connectivity index (χ3v) is 5.31. The summed E-state index contributed by atoms with van der Waals surface area (Å²) in [5, 5.41) is 0. The number of rotatable bonds is 1. The van der Waals surface area contributed by atoms with E-state index in [4.69, 9.17) is 9.47 Å². The van der Waals surface area contributed by atoms with Crippen LogP contribution in [0.1, 0.15) is 0 Å². The van der Waals surface area contributed by atoms with Crippen LogP contribution < -0.4 is 25.9 Å². The highest BCUT2D eigenvalue weighted by atomic mass is 16.5. The molecular weight excluding hydrogens is 333 g/mol. The molecule has 3 nitrogen and oxygen atoms in total. The van der Waals surface area contributed by atoms with E-state index < -0.39 is 0 Å². The Labute approximate surface area is 157 Å². The van der Waals surface area contributed by atoms with Crippen LogP contribution in [-0.2, 0) is 0 Å². The molecule has 0 aliphatic carbocycles. The summed E-state index contributed by atoms with van der Waals surface area (Å²) in [7, 11) is 0. The van der Waals surface area contributed by atoms with Gasteiger partial charge in [0.2, 0.25) is 0 Å². The fourth-order valence-corrected chi connectivity index (χ4v) is 4.13. The van der Waals surface area contributed by atoms with Gasteiger partial charge in [0.15, 0.2) is 0 Å². The summed E-state index contributed by atoms with van der Waals surface area (Å²) in [6.45, 7) is 0.0986. The lowest BCUT2D eigenvalue weighted by atomic mass is 9.34. The molecule has 6 rings (SSSR count). The standard InChI is InChI=1S/C23H14BNO2/c1-3-9-19-17(7-1)24-18-8-2-4-10-20(18)27-23-16(15-6-5-13-25-14-15)11-12-21(26-19)22(23)24/h1-14H. The molecule has 4 aromatic rings. The molecule has 0 saturated carbocycles. The lowest BCUT2D eigenvalue weighted by Gasteiger charge is -2.33. The van der Waals surface area contributed by atoms with Gasteiger partial charge in [-0.15, -0.1) is 0 Å². The number of ether oxygens (including phenoxy) is 2. The first-order valence-corrected chi connectivity index (χ1v) is 9.01. The number of pyridine rings is 1. The van der Waals surface area contributed by atoms with Gasteiger partial charge in [0.05, 0.1) is 0 Å². The highest BCUT2D eigenvalue weighted by Gasteiger charge is 2.40. The molecule has 0 bridgehead atoms. The summed E-state index contributed by atoms with van der Waals surface area (Å²) in [6.07, 6.45) is 3.65. The molecule has 1 aromatic heterocycles. The topological polar surface area (TPSA) is 31.4 Å². The number of nitrogens with zero attached hydrogens (tertiary/aromatic N) is 1. The van der Waals surface area contributed by atoms with Crippen molar-refractivity contribution in [1.29, 1.82) is 0 Å². The molecule has 0 N–H and O–H groups in total. The molecule has 0 amide bonds. The van der Waals surface area contributed by atoms with E-state index in [0.29, 0.717) is 0 Å². The Hall–Kier alpha value is -3.53. The van der Waals surface area contributed by atoms with Gasteiger partial charge in [-0.3, -0.25) is 4.98 Å². The first kappa shape index (κ1) is 14.6. The molecule has 0 spiro atoms. The summed E-state index contributed by atoms with van der Waals surface area (Å²) in [4.78, 5) is 4.28. The van der Waals surface area contributed by atoms with Gasteiger partial charge in [-0.2, -0.15) is 0 Å². The minimum atomic E-state index is 0.0986. The van der Waals surface area contributed by atoms with Gasteiger partial charge in [-0.1, -0.05) is 42.5 Å². The van der Waals surface area contributed by atoms with Gasteiger partial charge in [0.25, 0.3) is 6.71 Å². The largest absolute Gasteiger partial charge is 0.458 e. The maximum absolute atomic E-state index is 6.42. The predicted molar refractivity (Wildman–Crippen MR) is 107 cm³/mol. The third kappa shape index (κ3) is 2.07. The molecule has 0 unspecified atom stereocenters. The quantitative estimate of drug-likeness (QED) is 0.427. The Morgan fingerprint density at radius 1 is 0.667 bits per heavy atom. The zero-order valence-electron chi connectivity index (χ0n) is 14.4. The number of fused-ring (bicyclic) bond motifs is 4. The SMILES string of the molecule is c1cncc(-c2ccc3c4c2Oc2ccccc2B4c2ccccc2O3)c1. The molecule has 126 valence electrons. The molecule has 0 atom stereocenters. The average molecular weight is 347 g/mol. The minimum absolute atomic E-state index is 0.0986. The van der Waals surface area contributed by atoms with Crippen LogP contribution in [0.25, 0.3) is 11.1 Å². The maximum atomic E-state index is 6.42. The molecule has 2 aliphatic rings. The van der Waals surface area contributed by atoms with Crippen LogP contribution >= 0.6 is 0 Å². The van der Waals surface area contributed by atoms with E-state index in [1.165, 1.54) is 10.9 Å². The Balaban J connectivity index is 1.68. The monoisotopic (exact) mass is 347 g/mol. The fraction of sp³-hybridized carbons (Fsp3) is 0. The predicted octanol–water partition coefficient (Wildman–Crippen LogP) is 3.48. The molecule has 2 aliphatic heterocycles. The molecule has 27 heavy (non-hydrogen) atoms. The second-order valence-electron chi connectivity index (χ2n) is 6.81. The van der Waals surface area contributed by atoms with Crippen molar-refractivity contribution in [3.8, 4) is 34.1 Å². The average Bonchev–Trinajstić information content (AvgIpc) is 2.74. The first-order chi connectivity index (χ1) is 13.4. The summed E-state index contributed by atoms with van der Waals surface area (Å²) < 4.78 is 12.7. The number of hydrogen-bond acceptors (Lipinski definition) is 3. The van der Waals surface area contributed by atoms with E-state index in [2.05, 4.69) is 41.4 Å². The third-order valence-electron chi connectivity index (χ3n) is 5.31. The first-order valence-electron chi connectivity index (χ1n) is 9.01. The fourth-order valence-electron chi connectivity index (χ4n) is 4.13. The van der Waals surface area contributed by atoms with Crippen LogP contribution in [0.4, 0.5) is 0 Å². The van der Waals surface area contributed by atoms with Gasteiger partial charge in [0, 0.05) is 29.0 Å². The van der Waals surface area contributed by atoms with E-state index in [1.807, 2.05) is 42.6 Å². The smallest absolute Gasteiger partial charge is 0.260 e. The second kappa shape index (κ2) is 5.48. The second-order valence-corrected chi connectivity index (χ2v) is 6.81. The normalized spacial score (nSPS) is 13.0. The van der Waals surface area contributed by atoms with Crippen LogP contribution in [-0.4, -0.2) is 11.7 Å². The number of aromatic nitrogens is 1. The Kier molecular flexibility index (Phi) is 2.97. The molecule has 0 fully saturated rings. The van der Waals surface area contributed by atoms with Crippen LogP contribution in [0.5, 0.6) is 23.0 Å². The Morgan fingerprint density at radius 3 is 2.15 bits per heavy atom. The molecular formula is C23H14BNO2. The van der Waals surface area contributed by atoms with Gasteiger partial charge >= 0.3 is 0 Å². The van der Waals surface area contributed by atoms with Crippen molar-refractivity contribution >= 4 is 23.1 Å². The maximum Gasteiger partial charge on any atom is 0.260 e. The van der Waals surface area contributed by atoms with Gasteiger partial charge in [-0.05, 0) is 41.3 Å². The molecule has 4 heteroatoms. The zero-order valence-corrected chi connectivity index (χ0v) is 14.4. The lowest BCUT2D eigenvalue weighted by Crippen LogP contribution is -2.57. The molecule has 3 heterocycles. The molecule has 0 radical (unpaired) electrons. The summed E-state index contributed by atoms with van der Waals surface area (Å²) in [5.41, 5.74) is 5.50. The van der Waals surface area contributed by atoms with Crippen molar-refractivity contribution < 1.29 is 9.47 Å². The summed E-state index contributed by atoms with van der Waals surface area (Å²) >= 11 is 0. The lowest BCUT2D eigenvalue weighted by molar-refractivity contribution is 0.465. The molecule has 0 saturated heterocycles. The van der Waals surface area contributed by atoms with Gasteiger partial charge < -0.3 is 9.47 Å². The van der Waals surface area contributed by atoms with Crippen molar-refractivity contribution in [1.82, 2.24) is 4.98 Å². The van der Waals surface area contributed by atoms with E-state index in [-0.39, 0.29) is 6.71 Å². The minimum Gasteiger partial charge on any atom is -0.458 e. The number of para-hydroxylation sites is 2. The van der Waals surface area contributed by atoms with E-state index in [1.54, 1.807) is 6.20 Å². The van der Waals surface area contributed by atoms with Crippen molar-refractivity contribution in [3.63, 3.8) is 0 Å². The van der Waals surface area contributed by atoms with Crippen molar-refractivity contribution in [2.45, 2.75) is 0 Å². The summed E-state index contributed by atoms with van der Waals surface area (Å²) in [5.74, 6) is 3.52. The Bertz CT molecular complexity index is 1180. The van der Waals surface area contributed by atoms with Crippen molar-refractivity contribution in [2.75, 3.05) is 0 Å². The van der Waals surface area contributed by atoms with Crippen LogP contribution in [0, 0.1) is 0 Å².